The fourth-order valence-electron chi connectivity index (χ4n) is 0.993. The summed E-state index contributed by atoms with van der Waals surface area (Å²) < 4.78 is 26.0. The van der Waals surface area contributed by atoms with Crippen LogP contribution in [0.3, 0.4) is 0 Å². The van der Waals surface area contributed by atoms with Crippen LogP contribution < -0.4 is 0 Å². The number of carbonyl (C=O) groups excluding carboxylic acids is 1. The molecule has 14 heavy (non-hydrogen) atoms. The van der Waals surface area contributed by atoms with Gasteiger partial charge in [-0.1, -0.05) is 12.2 Å². The molecule has 0 aliphatic heterocycles. The van der Waals surface area contributed by atoms with Crippen LogP contribution in [0.15, 0.2) is 18.2 Å². The predicted octanol–water partition coefficient (Wildman–Crippen LogP) is 3.03. The summed E-state index contributed by atoms with van der Waals surface area (Å²) >= 11 is 5.36. The molecule has 0 aromatic heterocycles. The Bertz CT molecular complexity index is 351. The van der Waals surface area contributed by atoms with Crippen molar-refractivity contribution in [3.63, 3.8) is 0 Å². The van der Waals surface area contributed by atoms with Crippen LogP contribution in [0.2, 0.25) is 0 Å². The highest BCUT2D eigenvalue weighted by Gasteiger charge is 2.08. The molecule has 0 atom stereocenters. The fourth-order valence-corrected chi connectivity index (χ4v) is 1.08. The molecule has 0 N–H and O–H groups in total. The van der Waals surface area contributed by atoms with Gasteiger partial charge in [0.2, 0.25) is 0 Å². The molecule has 0 saturated carbocycles. The molecule has 0 amide bonds. The van der Waals surface area contributed by atoms with Crippen molar-refractivity contribution in [2.24, 2.45) is 0 Å². The second-order valence-corrected chi connectivity index (χ2v) is 2.88. The Balaban J connectivity index is 3.13. The van der Waals surface area contributed by atoms with E-state index in [0.717, 1.165) is 12.1 Å². The minimum Gasteiger partial charge on any atom is -0.298 e. The van der Waals surface area contributed by atoms with Crippen molar-refractivity contribution in [2.75, 3.05) is 5.88 Å². The molecule has 0 heterocycles. The van der Waals surface area contributed by atoms with Crippen LogP contribution in [0.1, 0.15) is 15.9 Å². The van der Waals surface area contributed by atoms with Crippen LogP contribution in [-0.4, -0.2) is 12.2 Å². The Labute approximate surface area is 85.0 Å². The summed E-state index contributed by atoms with van der Waals surface area (Å²) in [5, 5.41) is 0. The van der Waals surface area contributed by atoms with E-state index in [1.807, 2.05) is 0 Å². The molecule has 4 heteroatoms. The van der Waals surface area contributed by atoms with Crippen LogP contribution in [0.25, 0.3) is 6.08 Å². The van der Waals surface area contributed by atoms with Gasteiger partial charge in [-0.2, -0.15) is 0 Å². The van der Waals surface area contributed by atoms with Crippen LogP contribution >= 0.6 is 11.6 Å². The summed E-state index contributed by atoms with van der Waals surface area (Å²) in [6.45, 7) is 0. The summed E-state index contributed by atoms with van der Waals surface area (Å²) in [6.07, 6.45) is 3.18. The predicted molar refractivity (Wildman–Crippen MR) is 51.5 cm³/mol. The van der Waals surface area contributed by atoms with Gasteiger partial charge in [0, 0.05) is 5.88 Å². The number of benzene rings is 1. The maximum absolute atomic E-state index is 13.0. The fraction of sp³-hybridized carbons (Fsp3) is 0.100. The van der Waals surface area contributed by atoms with Gasteiger partial charge in [-0.15, -0.1) is 11.6 Å². The van der Waals surface area contributed by atoms with Gasteiger partial charge in [0.25, 0.3) is 0 Å². The molecule has 74 valence electrons. The van der Waals surface area contributed by atoms with Gasteiger partial charge in [-0.25, -0.2) is 8.78 Å². The number of hydrogen-bond acceptors (Lipinski definition) is 1. The second-order valence-electron chi connectivity index (χ2n) is 2.57. The van der Waals surface area contributed by atoms with Gasteiger partial charge in [0.05, 0.1) is 5.56 Å². The molecule has 0 saturated heterocycles. The highest BCUT2D eigenvalue weighted by Crippen LogP contribution is 2.14. The van der Waals surface area contributed by atoms with Crippen molar-refractivity contribution in [3.05, 3.63) is 41.0 Å². The van der Waals surface area contributed by atoms with Gasteiger partial charge >= 0.3 is 0 Å². The minimum absolute atomic E-state index is 0.152. The van der Waals surface area contributed by atoms with E-state index in [0.29, 0.717) is 5.56 Å². The maximum atomic E-state index is 13.0. The van der Waals surface area contributed by atoms with Gasteiger partial charge in [0.1, 0.15) is 11.6 Å². The maximum Gasteiger partial charge on any atom is 0.155 e. The topological polar surface area (TPSA) is 17.1 Å². The third kappa shape index (κ3) is 2.39. The number of aldehydes is 1. The summed E-state index contributed by atoms with van der Waals surface area (Å²) in [7, 11) is 0. The van der Waals surface area contributed by atoms with Crippen LogP contribution in [0.4, 0.5) is 8.78 Å². The Morgan fingerprint density at radius 3 is 2.29 bits per heavy atom. The number of rotatable bonds is 3. The Morgan fingerprint density at radius 2 is 1.86 bits per heavy atom. The normalized spacial score (nSPS) is 10.8. The average Bonchev–Trinajstić information content (AvgIpc) is 2.14. The van der Waals surface area contributed by atoms with E-state index in [4.69, 9.17) is 11.6 Å². The van der Waals surface area contributed by atoms with Crippen molar-refractivity contribution < 1.29 is 13.6 Å². The number of halogens is 3. The molecule has 0 fully saturated rings. The molecule has 0 unspecified atom stereocenters. The number of carbonyl (C=O) groups is 1. The van der Waals surface area contributed by atoms with E-state index < -0.39 is 17.2 Å². The first-order valence-corrected chi connectivity index (χ1v) is 4.39. The van der Waals surface area contributed by atoms with E-state index >= 15 is 0 Å². The summed E-state index contributed by atoms with van der Waals surface area (Å²) in [6, 6.07) is 2.16. The monoisotopic (exact) mass is 216 g/mol. The highest BCUT2D eigenvalue weighted by molar-refractivity contribution is 6.19. The third-order valence-corrected chi connectivity index (χ3v) is 1.80. The first-order chi connectivity index (χ1) is 6.69. The number of hydrogen-bond donors (Lipinski definition) is 0. The van der Waals surface area contributed by atoms with Crippen molar-refractivity contribution in [2.45, 2.75) is 0 Å². The SMILES string of the molecule is O=Cc1c(F)cc(C=CCCl)cc1F. The minimum atomic E-state index is -0.866. The smallest absolute Gasteiger partial charge is 0.155 e. The molecule has 0 bridgehead atoms. The lowest BCUT2D eigenvalue weighted by molar-refractivity contribution is 0.111. The lowest BCUT2D eigenvalue weighted by Crippen LogP contribution is -1.94. The highest BCUT2D eigenvalue weighted by atomic mass is 35.5. The molecule has 0 aliphatic rings. The Kier molecular flexibility index (Phi) is 3.77. The van der Waals surface area contributed by atoms with Gasteiger partial charge < -0.3 is 0 Å². The first-order valence-electron chi connectivity index (χ1n) is 3.85. The van der Waals surface area contributed by atoms with Crippen molar-refractivity contribution >= 4 is 24.0 Å². The third-order valence-electron chi connectivity index (χ3n) is 1.62. The zero-order chi connectivity index (χ0) is 10.6. The molecule has 1 rings (SSSR count). The zero-order valence-corrected chi connectivity index (χ0v) is 7.89. The number of alkyl halides is 1. The first kappa shape index (κ1) is 10.9. The average molecular weight is 217 g/mol. The van der Waals surface area contributed by atoms with Crippen molar-refractivity contribution in [3.8, 4) is 0 Å². The molecular formula is C10H7ClF2O. The van der Waals surface area contributed by atoms with Crippen molar-refractivity contribution in [1.82, 2.24) is 0 Å². The summed E-state index contributed by atoms with van der Waals surface area (Å²) in [5.74, 6) is -1.47. The van der Waals surface area contributed by atoms with Gasteiger partial charge in [0.15, 0.2) is 6.29 Å². The molecule has 1 aromatic carbocycles. The van der Waals surface area contributed by atoms with E-state index in [-0.39, 0.29) is 12.2 Å². The molecular weight excluding hydrogens is 210 g/mol. The molecule has 0 radical (unpaired) electrons. The van der Waals surface area contributed by atoms with Crippen molar-refractivity contribution in [1.29, 1.82) is 0 Å². The Hall–Kier alpha value is -1.22. The molecule has 1 nitrogen and oxygen atoms in total. The molecule has 0 spiro atoms. The van der Waals surface area contributed by atoms with E-state index in [2.05, 4.69) is 0 Å². The molecule has 1 aromatic rings. The van der Waals surface area contributed by atoms with Crippen LogP contribution in [-0.2, 0) is 0 Å². The van der Waals surface area contributed by atoms with Crippen LogP contribution in [0, 0.1) is 11.6 Å². The second kappa shape index (κ2) is 4.86. The standard InChI is InChI=1S/C10H7ClF2O/c11-3-1-2-7-4-9(12)8(6-14)10(13)5-7/h1-2,4-6H,3H2. The Morgan fingerprint density at radius 1 is 1.29 bits per heavy atom. The van der Waals surface area contributed by atoms with Gasteiger partial charge in [-0.05, 0) is 17.7 Å². The van der Waals surface area contributed by atoms with E-state index in [1.54, 1.807) is 6.08 Å². The van der Waals surface area contributed by atoms with E-state index in [9.17, 15) is 13.6 Å². The molecule has 0 aliphatic carbocycles. The number of allylic oxidation sites excluding steroid dienone is 1. The summed E-state index contributed by atoms with van der Waals surface area (Å²) in [5.41, 5.74) is -0.209. The summed E-state index contributed by atoms with van der Waals surface area (Å²) in [4.78, 5) is 10.3. The lowest BCUT2D eigenvalue weighted by atomic mass is 10.1. The van der Waals surface area contributed by atoms with E-state index in [1.165, 1.54) is 6.08 Å². The zero-order valence-electron chi connectivity index (χ0n) is 7.14. The quantitative estimate of drug-likeness (QED) is 0.561. The largest absolute Gasteiger partial charge is 0.298 e. The lowest BCUT2D eigenvalue weighted by Gasteiger charge is -1.99. The van der Waals surface area contributed by atoms with Gasteiger partial charge in [-0.3, -0.25) is 4.79 Å². The van der Waals surface area contributed by atoms with Crippen LogP contribution in [0.5, 0.6) is 0 Å².